The Balaban J connectivity index is 2.11. The summed E-state index contributed by atoms with van der Waals surface area (Å²) in [6.45, 7) is 5.10. The minimum atomic E-state index is -0.545. The maximum atomic E-state index is 12.9. The van der Waals surface area contributed by atoms with Gasteiger partial charge in [0.15, 0.2) is 0 Å². The van der Waals surface area contributed by atoms with Crippen LogP contribution in [0.4, 0.5) is 4.39 Å². The Kier molecular flexibility index (Phi) is 5.10. The zero-order valence-electron chi connectivity index (χ0n) is 12.3. The van der Waals surface area contributed by atoms with Crippen molar-refractivity contribution in [2.24, 2.45) is 5.92 Å². The van der Waals surface area contributed by atoms with Crippen LogP contribution < -0.4 is 0 Å². The Bertz CT molecular complexity index is 438. The van der Waals surface area contributed by atoms with Gasteiger partial charge in [-0.2, -0.15) is 4.39 Å². The molecular formula is C16H23FN2O. The summed E-state index contributed by atoms with van der Waals surface area (Å²) in [6.07, 6.45) is 6.89. The number of rotatable bonds is 5. The van der Waals surface area contributed by atoms with Crippen LogP contribution in [0.15, 0.2) is 18.3 Å². The molecule has 2 rings (SSSR count). The standard InChI is InChI=1S/C16H23FN2O/c1-12(2)9-10-19(14-5-3-4-6-14)16(20)13-7-8-15(17)18-11-13/h7-8,11-12,14H,3-6,9-10H2,1-2H3. The molecule has 0 saturated heterocycles. The van der Waals surface area contributed by atoms with Crippen molar-refractivity contribution >= 4 is 5.91 Å². The quantitative estimate of drug-likeness (QED) is 0.770. The molecule has 1 heterocycles. The van der Waals surface area contributed by atoms with E-state index in [4.69, 9.17) is 0 Å². The van der Waals surface area contributed by atoms with E-state index >= 15 is 0 Å². The molecular weight excluding hydrogens is 255 g/mol. The summed E-state index contributed by atoms with van der Waals surface area (Å²) >= 11 is 0. The van der Waals surface area contributed by atoms with E-state index in [9.17, 15) is 9.18 Å². The molecule has 1 saturated carbocycles. The van der Waals surface area contributed by atoms with E-state index in [0.717, 1.165) is 25.8 Å². The monoisotopic (exact) mass is 278 g/mol. The van der Waals surface area contributed by atoms with Gasteiger partial charge in [0.1, 0.15) is 0 Å². The van der Waals surface area contributed by atoms with Crippen LogP contribution in [0.3, 0.4) is 0 Å². The zero-order valence-corrected chi connectivity index (χ0v) is 12.3. The molecule has 0 bridgehead atoms. The summed E-state index contributed by atoms with van der Waals surface area (Å²) in [6, 6.07) is 3.12. The molecule has 0 aromatic carbocycles. The number of amides is 1. The van der Waals surface area contributed by atoms with Gasteiger partial charge < -0.3 is 4.90 Å². The fraction of sp³-hybridized carbons (Fsp3) is 0.625. The van der Waals surface area contributed by atoms with Gasteiger partial charge in [-0.15, -0.1) is 0 Å². The van der Waals surface area contributed by atoms with Gasteiger partial charge in [-0.05, 0) is 37.3 Å². The van der Waals surface area contributed by atoms with E-state index in [-0.39, 0.29) is 5.91 Å². The minimum absolute atomic E-state index is 0.00921. The fourth-order valence-electron chi connectivity index (χ4n) is 2.73. The third kappa shape index (κ3) is 3.78. The van der Waals surface area contributed by atoms with Crippen molar-refractivity contribution in [3.63, 3.8) is 0 Å². The van der Waals surface area contributed by atoms with Crippen LogP contribution in [0, 0.1) is 11.9 Å². The summed E-state index contributed by atoms with van der Waals surface area (Å²) in [5.74, 6) is 0.0132. The Morgan fingerprint density at radius 1 is 1.40 bits per heavy atom. The van der Waals surface area contributed by atoms with Crippen LogP contribution in [0.25, 0.3) is 0 Å². The predicted octanol–water partition coefficient (Wildman–Crippen LogP) is 3.65. The van der Waals surface area contributed by atoms with Crippen LogP contribution in [0.5, 0.6) is 0 Å². The summed E-state index contributed by atoms with van der Waals surface area (Å²) < 4.78 is 12.9. The van der Waals surface area contributed by atoms with Gasteiger partial charge in [0, 0.05) is 18.8 Å². The van der Waals surface area contributed by atoms with Crippen molar-refractivity contribution in [3.8, 4) is 0 Å². The van der Waals surface area contributed by atoms with Gasteiger partial charge in [-0.3, -0.25) is 4.79 Å². The summed E-state index contributed by atoms with van der Waals surface area (Å²) in [5, 5.41) is 0. The third-order valence-electron chi connectivity index (χ3n) is 3.95. The second-order valence-corrected chi connectivity index (χ2v) is 5.99. The molecule has 0 atom stereocenters. The second-order valence-electron chi connectivity index (χ2n) is 5.99. The molecule has 1 aliphatic rings. The normalized spacial score (nSPS) is 15.8. The highest BCUT2D eigenvalue weighted by molar-refractivity contribution is 5.94. The molecule has 1 aliphatic carbocycles. The van der Waals surface area contributed by atoms with Crippen LogP contribution in [0.2, 0.25) is 0 Å². The molecule has 1 amide bonds. The van der Waals surface area contributed by atoms with Gasteiger partial charge in [0.25, 0.3) is 5.91 Å². The number of carbonyl (C=O) groups excluding carboxylic acids is 1. The number of halogens is 1. The molecule has 1 fully saturated rings. The lowest BCUT2D eigenvalue weighted by atomic mass is 10.1. The van der Waals surface area contributed by atoms with Gasteiger partial charge in [0.2, 0.25) is 5.95 Å². The average molecular weight is 278 g/mol. The smallest absolute Gasteiger partial charge is 0.255 e. The Morgan fingerprint density at radius 2 is 2.10 bits per heavy atom. The summed E-state index contributed by atoms with van der Waals surface area (Å²) in [5.41, 5.74) is 0.488. The van der Waals surface area contributed by atoms with Gasteiger partial charge >= 0.3 is 0 Å². The van der Waals surface area contributed by atoms with Gasteiger partial charge in [0.05, 0.1) is 5.56 Å². The molecule has 3 nitrogen and oxygen atoms in total. The van der Waals surface area contributed by atoms with Crippen molar-refractivity contribution < 1.29 is 9.18 Å². The highest BCUT2D eigenvalue weighted by atomic mass is 19.1. The molecule has 1 aromatic rings. The largest absolute Gasteiger partial charge is 0.336 e. The molecule has 0 radical (unpaired) electrons. The Morgan fingerprint density at radius 3 is 2.65 bits per heavy atom. The van der Waals surface area contributed by atoms with E-state index < -0.39 is 5.95 Å². The molecule has 20 heavy (non-hydrogen) atoms. The second kappa shape index (κ2) is 6.82. The molecule has 0 unspecified atom stereocenters. The third-order valence-corrected chi connectivity index (χ3v) is 3.95. The maximum absolute atomic E-state index is 12.9. The number of pyridine rings is 1. The van der Waals surface area contributed by atoms with Gasteiger partial charge in [-0.25, -0.2) is 4.98 Å². The van der Waals surface area contributed by atoms with Crippen LogP contribution in [-0.2, 0) is 0 Å². The van der Waals surface area contributed by atoms with E-state index in [0.29, 0.717) is 17.5 Å². The zero-order chi connectivity index (χ0) is 14.5. The molecule has 0 spiro atoms. The van der Waals surface area contributed by atoms with Crippen molar-refractivity contribution in [1.29, 1.82) is 0 Å². The molecule has 1 aromatic heterocycles. The Hall–Kier alpha value is -1.45. The number of hydrogen-bond acceptors (Lipinski definition) is 2. The van der Waals surface area contributed by atoms with Crippen LogP contribution in [-0.4, -0.2) is 28.4 Å². The predicted molar refractivity (Wildman–Crippen MR) is 76.9 cm³/mol. The van der Waals surface area contributed by atoms with Crippen LogP contribution in [0.1, 0.15) is 56.3 Å². The first-order chi connectivity index (χ1) is 9.58. The number of nitrogens with zero attached hydrogens (tertiary/aromatic N) is 2. The molecule has 110 valence electrons. The highest BCUT2D eigenvalue weighted by Crippen LogP contribution is 2.25. The molecule has 0 N–H and O–H groups in total. The minimum Gasteiger partial charge on any atom is -0.336 e. The molecule has 0 aliphatic heterocycles. The van der Waals surface area contributed by atoms with E-state index in [2.05, 4.69) is 18.8 Å². The first-order valence-electron chi connectivity index (χ1n) is 7.50. The highest BCUT2D eigenvalue weighted by Gasteiger charge is 2.27. The van der Waals surface area contributed by atoms with Crippen LogP contribution >= 0.6 is 0 Å². The van der Waals surface area contributed by atoms with E-state index in [1.165, 1.54) is 31.2 Å². The fourth-order valence-corrected chi connectivity index (χ4v) is 2.73. The summed E-state index contributed by atoms with van der Waals surface area (Å²) in [4.78, 5) is 18.2. The lowest BCUT2D eigenvalue weighted by Crippen LogP contribution is -2.40. The first-order valence-corrected chi connectivity index (χ1v) is 7.50. The van der Waals surface area contributed by atoms with Crippen molar-refractivity contribution in [2.75, 3.05) is 6.54 Å². The van der Waals surface area contributed by atoms with E-state index in [1.807, 2.05) is 4.90 Å². The number of hydrogen-bond donors (Lipinski definition) is 0. The Labute approximate surface area is 120 Å². The maximum Gasteiger partial charge on any atom is 0.255 e. The average Bonchev–Trinajstić information content (AvgIpc) is 2.93. The van der Waals surface area contributed by atoms with Gasteiger partial charge in [-0.1, -0.05) is 26.7 Å². The number of aromatic nitrogens is 1. The lowest BCUT2D eigenvalue weighted by molar-refractivity contribution is 0.0671. The molecule has 4 heteroatoms. The SMILES string of the molecule is CC(C)CCN(C(=O)c1ccc(F)nc1)C1CCCC1. The summed E-state index contributed by atoms with van der Waals surface area (Å²) in [7, 11) is 0. The lowest BCUT2D eigenvalue weighted by Gasteiger charge is -2.29. The topological polar surface area (TPSA) is 33.2 Å². The van der Waals surface area contributed by atoms with E-state index in [1.54, 1.807) is 0 Å². The first kappa shape index (κ1) is 14.9. The van der Waals surface area contributed by atoms with Crippen molar-refractivity contribution in [2.45, 2.75) is 52.0 Å². The van der Waals surface area contributed by atoms with Crippen molar-refractivity contribution in [1.82, 2.24) is 9.88 Å². The van der Waals surface area contributed by atoms with Crippen molar-refractivity contribution in [3.05, 3.63) is 29.8 Å². The number of carbonyl (C=O) groups is 1.